The first-order valence-electron chi connectivity index (χ1n) is 10.5. The second-order valence-corrected chi connectivity index (χ2v) is 9.81. The molecule has 4 aliphatic rings. The Bertz CT molecular complexity index is 827. The van der Waals surface area contributed by atoms with E-state index >= 15 is 0 Å². The SMILES string of the molecule is CC(=O)OCC(=O)[C@]1(O)CC[C@H]2[C@H]3CCC4=CC(=O)C=C[C@@]4(C)[C@@H]3[C@@H](O)C[C@@]21C. The van der Waals surface area contributed by atoms with E-state index in [-0.39, 0.29) is 29.0 Å². The fourth-order valence-electron chi connectivity index (χ4n) is 7.08. The number of hydrogen-bond acceptors (Lipinski definition) is 6. The molecular weight excluding hydrogens is 372 g/mol. The molecule has 0 aliphatic heterocycles. The molecule has 4 rings (SSSR count). The van der Waals surface area contributed by atoms with Crippen molar-refractivity contribution in [1.29, 1.82) is 0 Å². The van der Waals surface area contributed by atoms with Crippen LogP contribution in [0.3, 0.4) is 0 Å². The number of carbonyl (C=O) groups is 3. The predicted molar refractivity (Wildman–Crippen MR) is 105 cm³/mol. The summed E-state index contributed by atoms with van der Waals surface area (Å²) >= 11 is 0. The van der Waals surface area contributed by atoms with Crippen LogP contribution < -0.4 is 0 Å². The molecule has 0 unspecified atom stereocenters. The summed E-state index contributed by atoms with van der Waals surface area (Å²) in [6.07, 6.45) is 7.50. The molecule has 29 heavy (non-hydrogen) atoms. The molecular formula is C23H30O6. The first-order valence-corrected chi connectivity index (χ1v) is 10.5. The number of hydrogen-bond donors (Lipinski definition) is 2. The van der Waals surface area contributed by atoms with Gasteiger partial charge in [-0.2, -0.15) is 0 Å². The average molecular weight is 402 g/mol. The van der Waals surface area contributed by atoms with Gasteiger partial charge in [-0.3, -0.25) is 14.4 Å². The summed E-state index contributed by atoms with van der Waals surface area (Å²) in [6.45, 7) is 4.80. The van der Waals surface area contributed by atoms with E-state index in [1.54, 1.807) is 12.2 Å². The van der Waals surface area contributed by atoms with Crippen LogP contribution in [0.2, 0.25) is 0 Å². The molecule has 0 aromatic rings. The zero-order valence-electron chi connectivity index (χ0n) is 17.3. The van der Waals surface area contributed by atoms with Crippen molar-refractivity contribution in [2.24, 2.45) is 28.6 Å². The van der Waals surface area contributed by atoms with Gasteiger partial charge in [-0.1, -0.05) is 25.5 Å². The van der Waals surface area contributed by atoms with Gasteiger partial charge in [-0.05, 0) is 56.1 Å². The second-order valence-electron chi connectivity index (χ2n) is 9.81. The van der Waals surface area contributed by atoms with Gasteiger partial charge in [-0.25, -0.2) is 0 Å². The zero-order valence-corrected chi connectivity index (χ0v) is 17.3. The first kappa shape index (κ1) is 20.5. The second kappa shape index (κ2) is 6.61. The Morgan fingerprint density at radius 3 is 2.69 bits per heavy atom. The lowest BCUT2D eigenvalue weighted by atomic mass is 9.46. The molecule has 0 spiro atoms. The molecule has 0 aromatic carbocycles. The summed E-state index contributed by atoms with van der Waals surface area (Å²) in [4.78, 5) is 35.9. The van der Waals surface area contributed by atoms with E-state index in [1.165, 1.54) is 6.92 Å². The largest absolute Gasteiger partial charge is 0.458 e. The predicted octanol–water partition coefficient (Wildman–Crippen LogP) is 2.13. The molecule has 3 saturated carbocycles. The third-order valence-electron chi connectivity index (χ3n) is 8.52. The van der Waals surface area contributed by atoms with Crippen LogP contribution in [0.1, 0.15) is 52.9 Å². The molecule has 2 N–H and O–H groups in total. The zero-order chi connectivity index (χ0) is 21.2. The van der Waals surface area contributed by atoms with Crippen molar-refractivity contribution in [3.63, 3.8) is 0 Å². The number of carbonyl (C=O) groups excluding carboxylic acids is 3. The standard InChI is InChI=1S/C23H30O6/c1-13(24)29-12-19(27)23(28)9-7-17-16-5-4-14-10-15(25)6-8-21(14,2)20(16)18(26)11-22(17,23)3/h6,8,10,16-18,20,26,28H,4-5,7,9,11-12H2,1-3H3/t16-,17+,18+,20+,21-,22+,23-/m1/s1. The highest BCUT2D eigenvalue weighted by Crippen LogP contribution is 2.67. The first-order chi connectivity index (χ1) is 13.5. The van der Waals surface area contributed by atoms with Crippen LogP contribution in [-0.4, -0.2) is 46.1 Å². The number of rotatable bonds is 3. The van der Waals surface area contributed by atoms with Crippen molar-refractivity contribution in [2.45, 2.75) is 64.6 Å². The minimum absolute atomic E-state index is 0.00243. The van der Waals surface area contributed by atoms with Gasteiger partial charge in [0.15, 0.2) is 12.4 Å². The number of esters is 1. The molecule has 0 saturated heterocycles. The van der Waals surface area contributed by atoms with E-state index in [0.717, 1.165) is 18.4 Å². The number of aliphatic hydroxyl groups is 2. The van der Waals surface area contributed by atoms with E-state index in [0.29, 0.717) is 19.3 Å². The van der Waals surface area contributed by atoms with Crippen molar-refractivity contribution < 1.29 is 29.3 Å². The fourth-order valence-corrected chi connectivity index (χ4v) is 7.08. The molecule has 0 heterocycles. The van der Waals surface area contributed by atoms with Crippen LogP contribution in [0, 0.1) is 28.6 Å². The molecule has 4 aliphatic carbocycles. The maximum atomic E-state index is 12.9. The number of ether oxygens (including phenoxy) is 1. The lowest BCUT2D eigenvalue weighted by molar-refractivity contribution is -0.181. The molecule has 0 amide bonds. The van der Waals surface area contributed by atoms with Gasteiger partial charge < -0.3 is 14.9 Å². The third-order valence-corrected chi connectivity index (χ3v) is 8.52. The van der Waals surface area contributed by atoms with Crippen LogP contribution in [0.15, 0.2) is 23.8 Å². The minimum Gasteiger partial charge on any atom is -0.458 e. The number of ketones is 2. The van der Waals surface area contributed by atoms with Crippen LogP contribution in [0.25, 0.3) is 0 Å². The smallest absolute Gasteiger partial charge is 0.303 e. The van der Waals surface area contributed by atoms with E-state index in [9.17, 15) is 24.6 Å². The molecule has 6 nitrogen and oxygen atoms in total. The Hall–Kier alpha value is -1.79. The maximum Gasteiger partial charge on any atom is 0.303 e. The number of fused-ring (bicyclic) bond motifs is 5. The Morgan fingerprint density at radius 2 is 2.00 bits per heavy atom. The number of Topliss-reactive ketones (excluding diaryl/α,β-unsaturated/α-hetero) is 1. The highest BCUT2D eigenvalue weighted by molar-refractivity contribution is 6.01. The fraction of sp³-hybridized carbons (Fsp3) is 0.696. The van der Waals surface area contributed by atoms with Gasteiger partial charge in [0.1, 0.15) is 5.60 Å². The molecule has 0 radical (unpaired) electrons. The summed E-state index contributed by atoms with van der Waals surface area (Å²) < 4.78 is 4.88. The lowest BCUT2D eigenvalue weighted by Crippen LogP contribution is -2.61. The van der Waals surface area contributed by atoms with Crippen molar-refractivity contribution >= 4 is 17.5 Å². The van der Waals surface area contributed by atoms with E-state index in [2.05, 4.69) is 6.92 Å². The molecule has 0 bridgehead atoms. The Labute approximate surface area is 171 Å². The van der Waals surface area contributed by atoms with Gasteiger partial charge >= 0.3 is 5.97 Å². The lowest BCUT2D eigenvalue weighted by Gasteiger charge is -2.59. The van der Waals surface area contributed by atoms with Crippen molar-refractivity contribution in [3.05, 3.63) is 23.8 Å². The summed E-state index contributed by atoms with van der Waals surface area (Å²) in [5.74, 6) is -0.836. The van der Waals surface area contributed by atoms with Gasteiger partial charge in [0.2, 0.25) is 5.78 Å². The van der Waals surface area contributed by atoms with Crippen LogP contribution in [0.4, 0.5) is 0 Å². The maximum absolute atomic E-state index is 12.9. The number of allylic oxidation sites excluding steroid dienone is 4. The van der Waals surface area contributed by atoms with E-state index in [4.69, 9.17) is 4.74 Å². The topological polar surface area (TPSA) is 101 Å². The summed E-state index contributed by atoms with van der Waals surface area (Å²) in [6, 6.07) is 0. The molecule has 158 valence electrons. The Balaban J connectivity index is 1.66. The molecule has 6 heteroatoms. The Kier molecular flexibility index (Phi) is 4.67. The normalized spacial score (nSPS) is 45.7. The van der Waals surface area contributed by atoms with Crippen LogP contribution in [-0.2, 0) is 19.1 Å². The van der Waals surface area contributed by atoms with Gasteiger partial charge in [-0.15, -0.1) is 0 Å². The summed E-state index contributed by atoms with van der Waals surface area (Å²) in [7, 11) is 0. The monoisotopic (exact) mass is 402 g/mol. The van der Waals surface area contributed by atoms with E-state index in [1.807, 2.05) is 13.0 Å². The highest BCUT2D eigenvalue weighted by Gasteiger charge is 2.68. The highest BCUT2D eigenvalue weighted by atomic mass is 16.5. The quantitative estimate of drug-likeness (QED) is 0.702. The van der Waals surface area contributed by atoms with Crippen molar-refractivity contribution in [3.8, 4) is 0 Å². The molecule has 3 fully saturated rings. The van der Waals surface area contributed by atoms with Crippen LogP contribution in [0.5, 0.6) is 0 Å². The Morgan fingerprint density at radius 1 is 1.28 bits per heavy atom. The molecule has 0 aromatic heterocycles. The van der Waals surface area contributed by atoms with Crippen molar-refractivity contribution in [1.82, 2.24) is 0 Å². The number of aliphatic hydroxyl groups excluding tert-OH is 1. The third kappa shape index (κ3) is 2.79. The van der Waals surface area contributed by atoms with Crippen LogP contribution >= 0.6 is 0 Å². The summed E-state index contributed by atoms with van der Waals surface area (Å²) in [5.41, 5.74) is -1.67. The van der Waals surface area contributed by atoms with Crippen molar-refractivity contribution in [2.75, 3.05) is 6.61 Å². The van der Waals surface area contributed by atoms with E-state index < -0.39 is 35.5 Å². The summed E-state index contributed by atoms with van der Waals surface area (Å²) in [5, 5.41) is 22.7. The molecule has 7 atom stereocenters. The van der Waals surface area contributed by atoms with Gasteiger partial charge in [0, 0.05) is 23.7 Å². The van der Waals surface area contributed by atoms with Gasteiger partial charge in [0.05, 0.1) is 6.10 Å². The van der Waals surface area contributed by atoms with Gasteiger partial charge in [0.25, 0.3) is 0 Å². The average Bonchev–Trinajstić information content (AvgIpc) is 2.91. The minimum atomic E-state index is -1.60.